The zero-order chi connectivity index (χ0) is 15.0. The summed E-state index contributed by atoms with van der Waals surface area (Å²) in [7, 11) is 5.46. The molecule has 7 heteroatoms. The second-order valence-electron chi connectivity index (χ2n) is 4.95. The van der Waals surface area contributed by atoms with Gasteiger partial charge in [0.15, 0.2) is 5.69 Å². The molecule has 0 unspecified atom stereocenters. The van der Waals surface area contributed by atoms with E-state index in [1.165, 1.54) is 0 Å². The van der Waals surface area contributed by atoms with E-state index in [4.69, 9.17) is 0 Å². The molecular weight excluding hydrogens is 322 g/mol. The number of aryl methyl sites for hydroxylation is 3. The summed E-state index contributed by atoms with van der Waals surface area (Å²) in [4.78, 5) is 14.1. The van der Waals surface area contributed by atoms with Gasteiger partial charge in [0, 0.05) is 39.4 Å². The van der Waals surface area contributed by atoms with Gasteiger partial charge >= 0.3 is 0 Å². The van der Waals surface area contributed by atoms with Gasteiger partial charge in [0.1, 0.15) is 0 Å². The van der Waals surface area contributed by atoms with Gasteiger partial charge in [-0.05, 0) is 29.8 Å². The highest BCUT2D eigenvalue weighted by molar-refractivity contribution is 9.10. The van der Waals surface area contributed by atoms with Crippen LogP contribution >= 0.6 is 15.9 Å². The summed E-state index contributed by atoms with van der Waals surface area (Å²) in [6, 6.07) is 0. The molecule has 108 valence electrons. The molecule has 0 N–H and O–H groups in total. The third kappa shape index (κ3) is 2.63. The van der Waals surface area contributed by atoms with Crippen LogP contribution in [0, 0.1) is 13.8 Å². The lowest BCUT2D eigenvalue weighted by molar-refractivity contribution is 0.0777. The van der Waals surface area contributed by atoms with E-state index in [2.05, 4.69) is 26.1 Å². The number of nitrogens with zero attached hydrogens (tertiary/aromatic N) is 5. The predicted molar refractivity (Wildman–Crippen MR) is 79.4 cm³/mol. The number of rotatable bonds is 3. The molecule has 1 amide bonds. The molecule has 0 spiro atoms. The van der Waals surface area contributed by atoms with Crippen molar-refractivity contribution in [2.45, 2.75) is 20.4 Å². The first-order valence-corrected chi connectivity index (χ1v) is 7.04. The van der Waals surface area contributed by atoms with Crippen molar-refractivity contribution in [1.29, 1.82) is 0 Å². The third-order valence-electron chi connectivity index (χ3n) is 3.33. The van der Waals surface area contributed by atoms with E-state index in [1.54, 1.807) is 21.3 Å². The number of aromatic nitrogens is 4. The number of amides is 1. The lowest BCUT2D eigenvalue weighted by Gasteiger charge is -2.15. The van der Waals surface area contributed by atoms with Crippen molar-refractivity contribution in [2.24, 2.45) is 14.1 Å². The summed E-state index contributed by atoms with van der Waals surface area (Å²) in [6.07, 6.45) is 1.93. The Labute approximate surface area is 126 Å². The number of carbonyl (C=O) groups is 1. The smallest absolute Gasteiger partial charge is 0.275 e. The Kier molecular flexibility index (Phi) is 3.99. The molecule has 0 fully saturated rings. The van der Waals surface area contributed by atoms with E-state index in [0.29, 0.717) is 12.2 Å². The van der Waals surface area contributed by atoms with Crippen molar-refractivity contribution in [3.63, 3.8) is 0 Å². The van der Waals surface area contributed by atoms with E-state index in [-0.39, 0.29) is 5.91 Å². The molecule has 20 heavy (non-hydrogen) atoms. The van der Waals surface area contributed by atoms with Crippen LogP contribution < -0.4 is 0 Å². The molecule has 0 bridgehead atoms. The van der Waals surface area contributed by atoms with Crippen LogP contribution in [0.15, 0.2) is 10.7 Å². The van der Waals surface area contributed by atoms with Gasteiger partial charge < -0.3 is 4.90 Å². The highest BCUT2D eigenvalue weighted by Crippen LogP contribution is 2.21. The van der Waals surface area contributed by atoms with E-state index < -0.39 is 0 Å². The van der Waals surface area contributed by atoms with E-state index in [1.807, 2.05) is 34.1 Å². The van der Waals surface area contributed by atoms with Gasteiger partial charge in [-0.25, -0.2) is 0 Å². The maximum atomic E-state index is 12.4. The molecule has 0 atom stereocenters. The molecule has 6 nitrogen and oxygen atoms in total. The quantitative estimate of drug-likeness (QED) is 0.856. The second kappa shape index (κ2) is 5.40. The molecule has 0 aliphatic heterocycles. The van der Waals surface area contributed by atoms with E-state index in [9.17, 15) is 4.79 Å². The van der Waals surface area contributed by atoms with Gasteiger partial charge in [0.2, 0.25) is 0 Å². The lowest BCUT2D eigenvalue weighted by Crippen LogP contribution is -2.27. The first kappa shape index (κ1) is 14.8. The summed E-state index contributed by atoms with van der Waals surface area (Å²) in [5.41, 5.74) is 3.34. The van der Waals surface area contributed by atoms with E-state index >= 15 is 0 Å². The Bertz CT molecular complexity index is 658. The van der Waals surface area contributed by atoms with Crippen LogP contribution in [-0.2, 0) is 20.6 Å². The monoisotopic (exact) mass is 339 g/mol. The number of halogens is 1. The molecule has 2 aromatic heterocycles. The van der Waals surface area contributed by atoms with Crippen molar-refractivity contribution in [1.82, 2.24) is 24.5 Å². The van der Waals surface area contributed by atoms with Crippen LogP contribution in [0.1, 0.15) is 27.4 Å². The van der Waals surface area contributed by atoms with Gasteiger partial charge in [0.05, 0.1) is 15.9 Å². The Morgan fingerprint density at radius 1 is 1.35 bits per heavy atom. The number of hydrogen-bond acceptors (Lipinski definition) is 3. The first-order valence-electron chi connectivity index (χ1n) is 6.25. The zero-order valence-corrected chi connectivity index (χ0v) is 13.9. The SMILES string of the molecule is Cc1nn(C)cc1CN(C)C(=O)c1nn(C)c(C)c1Br. The molecule has 2 aromatic rings. The van der Waals surface area contributed by atoms with Crippen LogP contribution in [0.2, 0.25) is 0 Å². The molecule has 0 radical (unpaired) electrons. The molecule has 0 saturated carbocycles. The Hall–Kier alpha value is -1.63. The predicted octanol–water partition coefficient (Wildman–Crippen LogP) is 1.81. The van der Waals surface area contributed by atoms with Crippen LogP contribution in [0.4, 0.5) is 0 Å². The minimum Gasteiger partial charge on any atom is -0.336 e. The maximum absolute atomic E-state index is 12.4. The van der Waals surface area contributed by atoms with Gasteiger partial charge in [-0.2, -0.15) is 10.2 Å². The summed E-state index contributed by atoms with van der Waals surface area (Å²) >= 11 is 3.43. The fourth-order valence-electron chi connectivity index (χ4n) is 2.03. The normalized spacial score (nSPS) is 10.9. The highest BCUT2D eigenvalue weighted by atomic mass is 79.9. The van der Waals surface area contributed by atoms with Crippen molar-refractivity contribution in [3.05, 3.63) is 33.3 Å². The highest BCUT2D eigenvalue weighted by Gasteiger charge is 2.21. The van der Waals surface area contributed by atoms with Gasteiger partial charge in [-0.15, -0.1) is 0 Å². The fraction of sp³-hybridized carbons (Fsp3) is 0.462. The molecule has 0 aliphatic rings. The molecule has 0 aromatic carbocycles. The average molecular weight is 340 g/mol. The van der Waals surface area contributed by atoms with Crippen molar-refractivity contribution in [2.75, 3.05) is 7.05 Å². The Morgan fingerprint density at radius 2 is 2.00 bits per heavy atom. The van der Waals surface area contributed by atoms with Crippen molar-refractivity contribution >= 4 is 21.8 Å². The second-order valence-corrected chi connectivity index (χ2v) is 5.74. The van der Waals surface area contributed by atoms with Crippen LogP contribution in [-0.4, -0.2) is 37.4 Å². The van der Waals surface area contributed by atoms with E-state index in [0.717, 1.165) is 21.4 Å². The Morgan fingerprint density at radius 3 is 2.45 bits per heavy atom. The number of hydrogen-bond donors (Lipinski definition) is 0. The van der Waals surface area contributed by atoms with Crippen LogP contribution in [0.5, 0.6) is 0 Å². The summed E-state index contributed by atoms with van der Waals surface area (Å²) < 4.78 is 4.20. The molecule has 2 heterocycles. The maximum Gasteiger partial charge on any atom is 0.275 e. The zero-order valence-electron chi connectivity index (χ0n) is 12.3. The third-order valence-corrected chi connectivity index (χ3v) is 4.28. The topological polar surface area (TPSA) is 56.0 Å². The van der Waals surface area contributed by atoms with Gasteiger partial charge in [-0.1, -0.05) is 0 Å². The largest absolute Gasteiger partial charge is 0.336 e. The molecule has 2 rings (SSSR count). The molecule has 0 saturated heterocycles. The summed E-state index contributed by atoms with van der Waals surface area (Å²) in [5.74, 6) is -0.108. The minimum absolute atomic E-state index is 0.108. The minimum atomic E-state index is -0.108. The summed E-state index contributed by atoms with van der Waals surface area (Å²) in [6.45, 7) is 4.37. The van der Waals surface area contributed by atoms with Crippen LogP contribution in [0.25, 0.3) is 0 Å². The molecular formula is C13H18BrN5O. The van der Waals surface area contributed by atoms with Crippen LogP contribution in [0.3, 0.4) is 0 Å². The fourth-order valence-corrected chi connectivity index (χ4v) is 2.54. The van der Waals surface area contributed by atoms with Gasteiger partial charge in [-0.3, -0.25) is 14.2 Å². The number of carbonyl (C=O) groups excluding carboxylic acids is 1. The summed E-state index contributed by atoms with van der Waals surface area (Å²) in [5, 5.41) is 8.54. The van der Waals surface area contributed by atoms with Crippen molar-refractivity contribution in [3.8, 4) is 0 Å². The van der Waals surface area contributed by atoms with Gasteiger partial charge in [0.25, 0.3) is 5.91 Å². The molecule has 0 aliphatic carbocycles. The Balaban J connectivity index is 2.20. The standard InChI is InChI=1S/C13H18BrN5O/c1-8-10(7-18(4)15-8)6-17(3)13(20)12-11(14)9(2)19(5)16-12/h7H,6H2,1-5H3. The average Bonchev–Trinajstić information content (AvgIpc) is 2.82. The van der Waals surface area contributed by atoms with Crippen molar-refractivity contribution < 1.29 is 4.79 Å². The first-order chi connectivity index (χ1) is 9.31. The lowest BCUT2D eigenvalue weighted by atomic mass is 10.2.